The fourth-order valence-corrected chi connectivity index (χ4v) is 2.21. The van der Waals surface area contributed by atoms with E-state index in [9.17, 15) is 0 Å². The molecule has 0 saturated carbocycles. The number of nitrogens with two attached hydrogens (primary N) is 1. The molecule has 2 N–H and O–H groups in total. The van der Waals surface area contributed by atoms with Gasteiger partial charge in [-0.25, -0.2) is 0 Å². The molecule has 1 aromatic rings. The first-order valence-electron chi connectivity index (χ1n) is 6.53. The van der Waals surface area contributed by atoms with Crippen molar-refractivity contribution in [2.24, 2.45) is 11.1 Å². The molecule has 2 nitrogen and oxygen atoms in total. The topological polar surface area (TPSA) is 29.3 Å². The van der Waals surface area contributed by atoms with E-state index in [-0.39, 0.29) is 5.41 Å². The van der Waals surface area contributed by atoms with Crippen LogP contribution in [0.1, 0.15) is 32.3 Å². The zero-order chi connectivity index (χ0) is 12.9. The van der Waals surface area contributed by atoms with Gasteiger partial charge in [0.25, 0.3) is 0 Å². The van der Waals surface area contributed by atoms with E-state index < -0.39 is 0 Å². The maximum absolute atomic E-state index is 5.95. The SMILES string of the molecule is CCC(CC)(CN)Cc1ccc(N(C)C)cc1. The van der Waals surface area contributed by atoms with E-state index in [4.69, 9.17) is 5.73 Å². The summed E-state index contributed by atoms with van der Waals surface area (Å²) in [5.41, 5.74) is 8.87. The molecular weight excluding hydrogens is 208 g/mol. The van der Waals surface area contributed by atoms with Crippen molar-refractivity contribution in [2.45, 2.75) is 33.1 Å². The Morgan fingerprint density at radius 1 is 1.06 bits per heavy atom. The first-order valence-corrected chi connectivity index (χ1v) is 6.53. The molecule has 0 saturated heterocycles. The van der Waals surface area contributed by atoms with Crippen LogP contribution in [-0.2, 0) is 6.42 Å². The van der Waals surface area contributed by atoms with Crippen LogP contribution in [0.4, 0.5) is 5.69 Å². The molecule has 2 heteroatoms. The lowest BCUT2D eigenvalue weighted by molar-refractivity contribution is 0.271. The second-order valence-corrected chi connectivity index (χ2v) is 5.15. The van der Waals surface area contributed by atoms with Gasteiger partial charge in [0.15, 0.2) is 0 Å². The fraction of sp³-hybridized carbons (Fsp3) is 0.600. The van der Waals surface area contributed by atoms with Gasteiger partial charge in [-0.05, 0) is 48.9 Å². The van der Waals surface area contributed by atoms with Crippen molar-refractivity contribution in [2.75, 3.05) is 25.5 Å². The van der Waals surface area contributed by atoms with E-state index in [0.29, 0.717) is 0 Å². The summed E-state index contributed by atoms with van der Waals surface area (Å²) >= 11 is 0. The second-order valence-electron chi connectivity index (χ2n) is 5.15. The molecule has 0 bridgehead atoms. The summed E-state index contributed by atoms with van der Waals surface area (Å²) in [4.78, 5) is 2.12. The van der Waals surface area contributed by atoms with Crippen LogP contribution in [0, 0.1) is 5.41 Å². The third-order valence-electron chi connectivity index (χ3n) is 3.96. The van der Waals surface area contributed by atoms with Gasteiger partial charge in [0.1, 0.15) is 0 Å². The molecular formula is C15H26N2. The fourth-order valence-electron chi connectivity index (χ4n) is 2.21. The van der Waals surface area contributed by atoms with Crippen LogP contribution in [-0.4, -0.2) is 20.6 Å². The molecule has 0 fully saturated rings. The Balaban J connectivity index is 2.80. The van der Waals surface area contributed by atoms with Crippen molar-refractivity contribution in [1.29, 1.82) is 0 Å². The molecule has 0 atom stereocenters. The van der Waals surface area contributed by atoms with Gasteiger partial charge in [-0.15, -0.1) is 0 Å². The van der Waals surface area contributed by atoms with Crippen molar-refractivity contribution in [1.82, 2.24) is 0 Å². The maximum atomic E-state index is 5.95. The smallest absolute Gasteiger partial charge is 0.0361 e. The van der Waals surface area contributed by atoms with Gasteiger partial charge in [0.2, 0.25) is 0 Å². The average Bonchev–Trinajstić information content (AvgIpc) is 2.37. The second kappa shape index (κ2) is 6.06. The van der Waals surface area contributed by atoms with Crippen LogP contribution < -0.4 is 10.6 Å². The van der Waals surface area contributed by atoms with E-state index in [1.54, 1.807) is 0 Å². The summed E-state index contributed by atoms with van der Waals surface area (Å²) in [6.07, 6.45) is 3.38. The van der Waals surface area contributed by atoms with Crippen LogP contribution >= 0.6 is 0 Å². The predicted molar refractivity (Wildman–Crippen MR) is 76.5 cm³/mol. The van der Waals surface area contributed by atoms with Gasteiger partial charge >= 0.3 is 0 Å². The molecule has 0 unspecified atom stereocenters. The lowest BCUT2D eigenvalue weighted by atomic mass is 9.77. The van der Waals surface area contributed by atoms with Crippen molar-refractivity contribution >= 4 is 5.69 Å². The Bertz CT molecular complexity index is 315. The van der Waals surface area contributed by atoms with Gasteiger partial charge in [0.05, 0.1) is 0 Å². The van der Waals surface area contributed by atoms with E-state index >= 15 is 0 Å². The molecule has 1 rings (SSSR count). The van der Waals surface area contributed by atoms with Crippen molar-refractivity contribution in [3.8, 4) is 0 Å². The van der Waals surface area contributed by atoms with Crippen LogP contribution in [0.2, 0.25) is 0 Å². The molecule has 0 spiro atoms. The van der Waals surface area contributed by atoms with Gasteiger partial charge in [-0.3, -0.25) is 0 Å². The highest BCUT2D eigenvalue weighted by molar-refractivity contribution is 5.46. The highest BCUT2D eigenvalue weighted by Gasteiger charge is 2.24. The lowest BCUT2D eigenvalue weighted by Crippen LogP contribution is -2.31. The van der Waals surface area contributed by atoms with E-state index in [0.717, 1.165) is 25.8 Å². The van der Waals surface area contributed by atoms with Gasteiger partial charge in [-0.2, -0.15) is 0 Å². The molecule has 0 aliphatic heterocycles. The average molecular weight is 234 g/mol. The summed E-state index contributed by atoms with van der Waals surface area (Å²) in [5.74, 6) is 0. The van der Waals surface area contributed by atoms with Gasteiger partial charge in [0, 0.05) is 19.8 Å². The highest BCUT2D eigenvalue weighted by Crippen LogP contribution is 2.30. The zero-order valence-electron chi connectivity index (χ0n) is 11.7. The Labute approximate surface area is 106 Å². The zero-order valence-corrected chi connectivity index (χ0v) is 11.7. The molecule has 0 aliphatic carbocycles. The van der Waals surface area contributed by atoms with Crippen molar-refractivity contribution in [3.05, 3.63) is 29.8 Å². The van der Waals surface area contributed by atoms with Crippen molar-refractivity contribution < 1.29 is 0 Å². The van der Waals surface area contributed by atoms with E-state index in [1.165, 1.54) is 11.3 Å². The molecule has 0 heterocycles. The number of hydrogen-bond acceptors (Lipinski definition) is 2. The van der Waals surface area contributed by atoms with Crippen LogP contribution in [0.15, 0.2) is 24.3 Å². The number of nitrogens with zero attached hydrogens (tertiary/aromatic N) is 1. The van der Waals surface area contributed by atoms with Crippen molar-refractivity contribution in [3.63, 3.8) is 0 Å². The standard InChI is InChI=1S/C15H26N2/c1-5-15(6-2,12-16)11-13-7-9-14(10-8-13)17(3)4/h7-10H,5-6,11-12,16H2,1-4H3. The maximum Gasteiger partial charge on any atom is 0.0361 e. The molecule has 0 aliphatic rings. The van der Waals surface area contributed by atoms with Crippen LogP contribution in [0.3, 0.4) is 0 Å². The predicted octanol–water partition coefficient (Wildman–Crippen LogP) is 3.06. The van der Waals surface area contributed by atoms with Gasteiger partial charge in [-0.1, -0.05) is 26.0 Å². The van der Waals surface area contributed by atoms with E-state index in [2.05, 4.69) is 57.1 Å². The number of anilines is 1. The number of benzene rings is 1. The summed E-state index contributed by atoms with van der Waals surface area (Å²) in [6.45, 7) is 5.25. The third kappa shape index (κ3) is 3.47. The first-order chi connectivity index (χ1) is 8.06. The molecule has 0 aromatic heterocycles. The van der Waals surface area contributed by atoms with Crippen LogP contribution in [0.5, 0.6) is 0 Å². The van der Waals surface area contributed by atoms with Gasteiger partial charge < -0.3 is 10.6 Å². The minimum Gasteiger partial charge on any atom is -0.378 e. The summed E-state index contributed by atoms with van der Waals surface area (Å²) in [5, 5.41) is 0. The Morgan fingerprint density at radius 2 is 1.59 bits per heavy atom. The monoisotopic (exact) mass is 234 g/mol. The summed E-state index contributed by atoms with van der Waals surface area (Å²) in [7, 11) is 4.13. The Morgan fingerprint density at radius 3 is 1.94 bits per heavy atom. The summed E-state index contributed by atoms with van der Waals surface area (Å²) in [6, 6.07) is 8.82. The Kier molecular flexibility index (Phi) is 5.01. The molecule has 0 radical (unpaired) electrons. The molecule has 17 heavy (non-hydrogen) atoms. The first kappa shape index (κ1) is 14.0. The molecule has 96 valence electrons. The number of rotatable bonds is 6. The summed E-state index contributed by atoms with van der Waals surface area (Å²) < 4.78 is 0. The highest BCUT2D eigenvalue weighted by atomic mass is 15.1. The number of hydrogen-bond donors (Lipinski definition) is 1. The third-order valence-corrected chi connectivity index (χ3v) is 3.96. The lowest BCUT2D eigenvalue weighted by Gasteiger charge is -2.30. The van der Waals surface area contributed by atoms with E-state index in [1.807, 2.05) is 0 Å². The minimum atomic E-state index is 0.277. The quantitative estimate of drug-likeness (QED) is 0.819. The van der Waals surface area contributed by atoms with Crippen LogP contribution in [0.25, 0.3) is 0 Å². The molecule has 1 aromatic carbocycles. The normalized spacial score (nSPS) is 11.6. The Hall–Kier alpha value is -1.02. The molecule has 0 amide bonds. The largest absolute Gasteiger partial charge is 0.378 e. The minimum absolute atomic E-state index is 0.277.